The monoisotopic (exact) mass is 194 g/mol. The Labute approximate surface area is 88.2 Å². The fourth-order valence-corrected chi connectivity index (χ4v) is 1.38. The molecule has 0 aromatic carbocycles. The number of ether oxygens (including phenoxy) is 1. The van der Waals surface area contributed by atoms with E-state index in [1.54, 1.807) is 7.11 Å². The Morgan fingerprint density at radius 3 is 2.00 bits per heavy atom. The smallest absolute Gasteiger partial charge is 0.114 e. The number of methoxy groups -OCH3 is 1. The first-order valence-corrected chi connectivity index (χ1v) is 4.91. The van der Waals surface area contributed by atoms with E-state index in [4.69, 9.17) is 4.74 Å². The van der Waals surface area contributed by atoms with Crippen molar-refractivity contribution in [3.05, 3.63) is 35.6 Å². The second-order valence-corrected chi connectivity index (χ2v) is 4.48. The Morgan fingerprint density at radius 2 is 1.79 bits per heavy atom. The molecule has 0 aliphatic rings. The zero-order valence-electron chi connectivity index (χ0n) is 10.3. The van der Waals surface area contributed by atoms with Crippen molar-refractivity contribution in [1.82, 2.24) is 0 Å². The van der Waals surface area contributed by atoms with Gasteiger partial charge in [0.25, 0.3) is 0 Å². The quantitative estimate of drug-likeness (QED) is 0.486. The summed E-state index contributed by atoms with van der Waals surface area (Å²) in [4.78, 5) is 0. The first kappa shape index (κ1) is 13.0. The van der Waals surface area contributed by atoms with Gasteiger partial charge in [0.15, 0.2) is 0 Å². The molecule has 0 aromatic heterocycles. The second-order valence-electron chi connectivity index (χ2n) is 4.48. The fraction of sp³-hybridized carbons (Fsp3) is 0.538. The van der Waals surface area contributed by atoms with Crippen LogP contribution >= 0.6 is 0 Å². The van der Waals surface area contributed by atoms with Gasteiger partial charge in [-0.1, -0.05) is 32.9 Å². The normalized spacial score (nSPS) is 14.1. The molecule has 1 heteroatoms. The lowest BCUT2D eigenvalue weighted by atomic mass is 9.82. The number of rotatable bonds is 3. The molecule has 0 spiro atoms. The summed E-state index contributed by atoms with van der Waals surface area (Å²) in [5.41, 5.74) is 2.43. The van der Waals surface area contributed by atoms with Gasteiger partial charge in [0.05, 0.1) is 7.11 Å². The van der Waals surface area contributed by atoms with Crippen LogP contribution < -0.4 is 0 Å². The van der Waals surface area contributed by atoms with Crippen LogP contribution in [0.1, 0.15) is 34.6 Å². The maximum absolute atomic E-state index is 5.22. The van der Waals surface area contributed by atoms with Crippen LogP contribution in [0.25, 0.3) is 0 Å². The van der Waals surface area contributed by atoms with Crippen LogP contribution in [0.3, 0.4) is 0 Å². The van der Waals surface area contributed by atoms with Crippen molar-refractivity contribution in [3.63, 3.8) is 0 Å². The first-order valence-electron chi connectivity index (χ1n) is 4.91. The minimum Gasteiger partial charge on any atom is -0.497 e. The van der Waals surface area contributed by atoms with Crippen molar-refractivity contribution in [2.24, 2.45) is 5.41 Å². The maximum Gasteiger partial charge on any atom is 0.114 e. The fourth-order valence-electron chi connectivity index (χ4n) is 1.38. The van der Waals surface area contributed by atoms with Crippen LogP contribution in [0.5, 0.6) is 0 Å². The van der Waals surface area contributed by atoms with Gasteiger partial charge >= 0.3 is 0 Å². The molecule has 0 radical (unpaired) electrons. The third-order valence-corrected chi connectivity index (χ3v) is 2.07. The van der Waals surface area contributed by atoms with Gasteiger partial charge in [0.2, 0.25) is 0 Å². The molecule has 0 aliphatic heterocycles. The lowest BCUT2D eigenvalue weighted by molar-refractivity contribution is 0.304. The van der Waals surface area contributed by atoms with Crippen molar-refractivity contribution in [1.29, 1.82) is 0 Å². The first-order chi connectivity index (χ1) is 6.32. The Balaban J connectivity index is 5.12. The summed E-state index contributed by atoms with van der Waals surface area (Å²) in [6.07, 6.45) is 4.01. The molecule has 0 amide bonds. The summed E-state index contributed by atoms with van der Waals surface area (Å²) >= 11 is 0. The van der Waals surface area contributed by atoms with Gasteiger partial charge in [-0.3, -0.25) is 0 Å². The van der Waals surface area contributed by atoms with Crippen LogP contribution in [0.15, 0.2) is 35.6 Å². The van der Waals surface area contributed by atoms with Crippen LogP contribution in [0.2, 0.25) is 0 Å². The van der Waals surface area contributed by atoms with Crippen LogP contribution in [-0.4, -0.2) is 7.11 Å². The standard InChI is InChI=1S/C13H22O/c1-8-11(14-7)9-12(10(2)3)13(4,5)6/h8-9H,2H2,1,3-7H3/b11-8+,12-9+. The van der Waals surface area contributed by atoms with Crippen LogP contribution in [0.4, 0.5) is 0 Å². The lowest BCUT2D eigenvalue weighted by Gasteiger charge is -2.23. The van der Waals surface area contributed by atoms with E-state index in [0.717, 1.165) is 11.3 Å². The molecule has 14 heavy (non-hydrogen) atoms. The highest BCUT2D eigenvalue weighted by atomic mass is 16.5. The zero-order chi connectivity index (χ0) is 11.4. The lowest BCUT2D eigenvalue weighted by Crippen LogP contribution is -2.10. The van der Waals surface area contributed by atoms with E-state index in [1.165, 1.54) is 5.57 Å². The molecule has 0 atom stereocenters. The molecular weight excluding hydrogens is 172 g/mol. The van der Waals surface area contributed by atoms with Gasteiger partial charge in [-0.15, -0.1) is 0 Å². The van der Waals surface area contributed by atoms with Crippen molar-refractivity contribution in [2.45, 2.75) is 34.6 Å². The molecule has 0 heterocycles. The van der Waals surface area contributed by atoms with Crippen LogP contribution in [0, 0.1) is 5.41 Å². The SMILES string of the molecule is C=C(C)/C(=C\C(=C/C)OC)C(C)(C)C. The largest absolute Gasteiger partial charge is 0.497 e. The Morgan fingerprint density at radius 1 is 1.29 bits per heavy atom. The molecule has 0 aliphatic carbocycles. The summed E-state index contributed by atoms with van der Waals surface area (Å²) < 4.78 is 5.22. The molecule has 0 unspecified atom stereocenters. The van der Waals surface area contributed by atoms with E-state index in [-0.39, 0.29) is 5.41 Å². The Kier molecular flexibility index (Phi) is 4.69. The van der Waals surface area contributed by atoms with Gasteiger partial charge in [-0.25, -0.2) is 0 Å². The average molecular weight is 194 g/mol. The van der Waals surface area contributed by atoms with E-state index >= 15 is 0 Å². The number of hydrogen-bond acceptors (Lipinski definition) is 1. The van der Waals surface area contributed by atoms with E-state index in [9.17, 15) is 0 Å². The minimum atomic E-state index is 0.110. The molecule has 1 nitrogen and oxygen atoms in total. The Bertz CT molecular complexity index is 261. The number of allylic oxidation sites excluding steroid dienone is 4. The molecule has 0 aromatic rings. The predicted molar refractivity (Wildman–Crippen MR) is 63.1 cm³/mol. The van der Waals surface area contributed by atoms with Crippen LogP contribution in [-0.2, 0) is 4.74 Å². The molecule has 0 rings (SSSR count). The summed E-state index contributed by atoms with van der Waals surface area (Å²) in [6, 6.07) is 0. The summed E-state index contributed by atoms with van der Waals surface area (Å²) in [7, 11) is 1.69. The molecule has 0 fully saturated rings. The van der Waals surface area contributed by atoms with Gasteiger partial charge in [0.1, 0.15) is 5.76 Å². The average Bonchev–Trinajstić information content (AvgIpc) is 2.03. The van der Waals surface area contributed by atoms with Gasteiger partial charge in [0, 0.05) is 0 Å². The molecule has 0 saturated carbocycles. The predicted octanol–water partition coefficient (Wildman–Crippen LogP) is 4.09. The minimum absolute atomic E-state index is 0.110. The highest BCUT2D eigenvalue weighted by Gasteiger charge is 2.17. The second kappa shape index (κ2) is 5.04. The van der Waals surface area contributed by atoms with Crippen molar-refractivity contribution in [3.8, 4) is 0 Å². The summed E-state index contributed by atoms with van der Waals surface area (Å²) in [5, 5.41) is 0. The third-order valence-electron chi connectivity index (χ3n) is 2.07. The zero-order valence-corrected chi connectivity index (χ0v) is 10.3. The summed E-state index contributed by atoms with van der Waals surface area (Å²) in [6.45, 7) is 14.5. The van der Waals surface area contributed by atoms with Gasteiger partial charge < -0.3 is 4.74 Å². The van der Waals surface area contributed by atoms with E-state index < -0.39 is 0 Å². The summed E-state index contributed by atoms with van der Waals surface area (Å²) in [5.74, 6) is 0.887. The molecule has 0 bridgehead atoms. The van der Waals surface area contributed by atoms with E-state index in [1.807, 2.05) is 19.9 Å². The van der Waals surface area contributed by atoms with Gasteiger partial charge in [-0.05, 0) is 37.0 Å². The van der Waals surface area contributed by atoms with Crippen molar-refractivity contribution < 1.29 is 4.74 Å². The van der Waals surface area contributed by atoms with Crippen molar-refractivity contribution in [2.75, 3.05) is 7.11 Å². The molecular formula is C13H22O. The van der Waals surface area contributed by atoms with Gasteiger partial charge in [-0.2, -0.15) is 0 Å². The Hall–Kier alpha value is -0.980. The molecule has 0 saturated heterocycles. The van der Waals surface area contributed by atoms with E-state index in [2.05, 4.69) is 33.4 Å². The molecule has 0 N–H and O–H groups in total. The number of hydrogen-bond donors (Lipinski definition) is 0. The topological polar surface area (TPSA) is 9.23 Å². The third kappa shape index (κ3) is 3.82. The highest BCUT2D eigenvalue weighted by Crippen LogP contribution is 2.31. The maximum atomic E-state index is 5.22. The van der Waals surface area contributed by atoms with Crippen molar-refractivity contribution >= 4 is 0 Å². The van der Waals surface area contributed by atoms with E-state index in [0.29, 0.717) is 0 Å². The molecule has 80 valence electrons. The highest BCUT2D eigenvalue weighted by molar-refractivity contribution is 5.36.